The van der Waals surface area contributed by atoms with E-state index in [1.54, 1.807) is 72.8 Å². The molecule has 0 unspecified atom stereocenters. The topological polar surface area (TPSA) is 70.2 Å². The molecule has 0 atom stereocenters. The van der Waals surface area contributed by atoms with Crippen molar-refractivity contribution in [2.45, 2.75) is 0 Å². The van der Waals surface area contributed by atoms with Crippen molar-refractivity contribution in [2.24, 2.45) is 0 Å². The van der Waals surface area contributed by atoms with Crippen LogP contribution in [-0.4, -0.2) is 16.9 Å². The van der Waals surface area contributed by atoms with E-state index in [2.05, 4.69) is 16.0 Å². The average molecular weight is 444 g/mol. The zero-order chi connectivity index (χ0) is 20.8. The van der Waals surface area contributed by atoms with Gasteiger partial charge in [0.15, 0.2) is 5.11 Å². The van der Waals surface area contributed by atoms with Crippen LogP contribution in [0.1, 0.15) is 20.7 Å². The summed E-state index contributed by atoms with van der Waals surface area (Å²) in [4.78, 5) is 24.7. The van der Waals surface area contributed by atoms with Crippen LogP contribution >= 0.6 is 35.4 Å². The van der Waals surface area contributed by atoms with Crippen molar-refractivity contribution in [3.8, 4) is 0 Å². The van der Waals surface area contributed by atoms with Crippen molar-refractivity contribution in [1.82, 2.24) is 5.32 Å². The Morgan fingerprint density at radius 1 is 0.690 bits per heavy atom. The summed E-state index contributed by atoms with van der Waals surface area (Å²) < 4.78 is 0. The second-order valence-corrected chi connectivity index (χ2v) is 7.13. The number of hydrogen-bond acceptors (Lipinski definition) is 3. The molecule has 146 valence electrons. The van der Waals surface area contributed by atoms with Gasteiger partial charge in [-0.1, -0.05) is 53.5 Å². The van der Waals surface area contributed by atoms with Crippen molar-refractivity contribution in [2.75, 3.05) is 10.6 Å². The van der Waals surface area contributed by atoms with E-state index < -0.39 is 5.91 Å². The molecule has 3 N–H and O–H groups in total. The molecule has 3 rings (SSSR count). The minimum absolute atomic E-state index is 0.101. The number of anilines is 2. The first-order valence-electron chi connectivity index (χ1n) is 8.47. The Morgan fingerprint density at radius 3 is 1.79 bits per heavy atom. The molecule has 0 spiro atoms. The summed E-state index contributed by atoms with van der Waals surface area (Å²) in [5.41, 5.74) is 1.82. The largest absolute Gasteiger partial charge is 0.332 e. The van der Waals surface area contributed by atoms with E-state index in [-0.39, 0.29) is 11.0 Å². The fraction of sp³-hybridized carbons (Fsp3) is 0. The van der Waals surface area contributed by atoms with Crippen LogP contribution in [0.25, 0.3) is 0 Å². The summed E-state index contributed by atoms with van der Waals surface area (Å²) >= 11 is 17.3. The maximum absolute atomic E-state index is 12.4. The fourth-order valence-corrected chi connectivity index (χ4v) is 3.15. The number of carbonyl (C=O) groups is 2. The van der Waals surface area contributed by atoms with Gasteiger partial charge in [0.25, 0.3) is 11.8 Å². The van der Waals surface area contributed by atoms with Gasteiger partial charge in [0.05, 0.1) is 21.2 Å². The zero-order valence-electron chi connectivity index (χ0n) is 14.9. The quantitative estimate of drug-likeness (QED) is 0.473. The fourth-order valence-electron chi connectivity index (χ4n) is 2.50. The highest BCUT2D eigenvalue weighted by Crippen LogP contribution is 2.20. The lowest BCUT2D eigenvalue weighted by Gasteiger charge is -2.12. The van der Waals surface area contributed by atoms with Crippen molar-refractivity contribution < 1.29 is 9.59 Å². The summed E-state index contributed by atoms with van der Waals surface area (Å²) in [5, 5.41) is 9.05. The normalized spacial score (nSPS) is 10.1. The molecule has 5 nitrogen and oxygen atoms in total. The molecule has 0 aliphatic rings. The van der Waals surface area contributed by atoms with Crippen LogP contribution in [0.2, 0.25) is 10.0 Å². The highest BCUT2D eigenvalue weighted by Gasteiger charge is 2.12. The average Bonchev–Trinajstić information content (AvgIpc) is 2.68. The van der Waals surface area contributed by atoms with Gasteiger partial charge in [-0.25, -0.2) is 0 Å². The minimum Gasteiger partial charge on any atom is -0.332 e. The molecule has 0 radical (unpaired) electrons. The number of amides is 2. The molecule has 2 amide bonds. The number of hydrogen-bond donors (Lipinski definition) is 3. The number of nitrogens with one attached hydrogen (secondary N) is 3. The van der Waals surface area contributed by atoms with Crippen LogP contribution in [-0.2, 0) is 0 Å². The van der Waals surface area contributed by atoms with Gasteiger partial charge in [0, 0.05) is 11.4 Å². The lowest BCUT2D eigenvalue weighted by atomic mass is 10.2. The van der Waals surface area contributed by atoms with Gasteiger partial charge in [-0.15, -0.1) is 0 Å². The van der Waals surface area contributed by atoms with Crippen LogP contribution in [0.5, 0.6) is 0 Å². The summed E-state index contributed by atoms with van der Waals surface area (Å²) in [6, 6.07) is 20.3. The van der Waals surface area contributed by atoms with Gasteiger partial charge >= 0.3 is 0 Å². The highest BCUT2D eigenvalue weighted by atomic mass is 35.5. The Balaban J connectivity index is 1.64. The first-order valence-corrected chi connectivity index (χ1v) is 9.63. The first-order chi connectivity index (χ1) is 13.9. The Bertz CT molecular complexity index is 1090. The van der Waals surface area contributed by atoms with E-state index in [0.29, 0.717) is 32.5 Å². The van der Waals surface area contributed by atoms with Crippen LogP contribution in [0, 0.1) is 0 Å². The van der Waals surface area contributed by atoms with E-state index in [1.807, 2.05) is 0 Å². The van der Waals surface area contributed by atoms with Gasteiger partial charge in [0.2, 0.25) is 0 Å². The predicted octanol–water partition coefficient (Wildman–Crippen LogP) is 5.37. The molecule has 0 bridgehead atoms. The lowest BCUT2D eigenvalue weighted by molar-refractivity contribution is 0.0976. The molecule has 29 heavy (non-hydrogen) atoms. The Morgan fingerprint density at radius 2 is 1.21 bits per heavy atom. The molecule has 0 saturated carbocycles. The van der Waals surface area contributed by atoms with Crippen molar-refractivity contribution in [3.05, 3.63) is 94.0 Å². The van der Waals surface area contributed by atoms with Gasteiger partial charge in [-0.05, 0) is 54.7 Å². The van der Waals surface area contributed by atoms with Crippen LogP contribution in [0.4, 0.5) is 11.4 Å². The first kappa shape index (κ1) is 20.8. The van der Waals surface area contributed by atoms with E-state index in [0.717, 1.165) is 0 Å². The number of rotatable bonds is 4. The number of benzene rings is 3. The molecule has 0 aliphatic carbocycles. The van der Waals surface area contributed by atoms with E-state index in [4.69, 9.17) is 35.4 Å². The lowest BCUT2D eigenvalue weighted by Crippen LogP contribution is -2.34. The van der Waals surface area contributed by atoms with Crippen LogP contribution < -0.4 is 16.0 Å². The molecule has 8 heteroatoms. The molecule has 0 aliphatic heterocycles. The Hall–Kier alpha value is -2.93. The molecule has 0 aromatic heterocycles. The second kappa shape index (κ2) is 9.52. The number of halogens is 2. The molecule has 0 saturated heterocycles. The molecule has 0 heterocycles. The standard InChI is InChI=1S/C21H15Cl2N3O2S/c22-17-10-3-1-8-15(17)19(27)24-13-6-5-7-14(12-13)25-21(29)26-20(28)16-9-2-4-11-18(16)23/h1-12H,(H,24,27)(H2,25,26,28,29). The number of carbonyl (C=O) groups excluding carboxylic acids is 2. The Labute approximate surface area is 183 Å². The SMILES string of the molecule is O=C(NC(=S)Nc1cccc(NC(=O)c2ccccc2Cl)c1)c1ccccc1Cl. The second-order valence-electron chi connectivity index (χ2n) is 5.90. The van der Waals surface area contributed by atoms with Crippen LogP contribution in [0.15, 0.2) is 72.8 Å². The minimum atomic E-state index is -0.420. The van der Waals surface area contributed by atoms with Crippen molar-refractivity contribution in [3.63, 3.8) is 0 Å². The third-order valence-electron chi connectivity index (χ3n) is 3.84. The third-order valence-corrected chi connectivity index (χ3v) is 4.71. The zero-order valence-corrected chi connectivity index (χ0v) is 17.2. The van der Waals surface area contributed by atoms with Crippen LogP contribution in [0.3, 0.4) is 0 Å². The summed E-state index contributed by atoms with van der Waals surface area (Å²) in [6.07, 6.45) is 0. The summed E-state index contributed by atoms with van der Waals surface area (Å²) in [7, 11) is 0. The smallest absolute Gasteiger partial charge is 0.258 e. The molecule has 3 aromatic rings. The van der Waals surface area contributed by atoms with Gasteiger partial charge < -0.3 is 10.6 Å². The van der Waals surface area contributed by atoms with Gasteiger partial charge in [-0.3, -0.25) is 14.9 Å². The molecular formula is C21H15Cl2N3O2S. The maximum atomic E-state index is 12.4. The number of thiocarbonyl (C=S) groups is 1. The monoisotopic (exact) mass is 443 g/mol. The third kappa shape index (κ3) is 5.54. The van der Waals surface area contributed by atoms with E-state index in [1.165, 1.54) is 0 Å². The molecular weight excluding hydrogens is 429 g/mol. The van der Waals surface area contributed by atoms with E-state index in [9.17, 15) is 9.59 Å². The maximum Gasteiger partial charge on any atom is 0.258 e. The molecule has 0 fully saturated rings. The predicted molar refractivity (Wildman–Crippen MR) is 121 cm³/mol. The Kier molecular flexibility index (Phi) is 6.82. The summed E-state index contributed by atoms with van der Waals surface area (Å²) in [5.74, 6) is -0.751. The molecule has 3 aromatic carbocycles. The van der Waals surface area contributed by atoms with E-state index >= 15 is 0 Å². The highest BCUT2D eigenvalue weighted by molar-refractivity contribution is 7.80. The van der Waals surface area contributed by atoms with Crippen molar-refractivity contribution >= 4 is 63.7 Å². The van der Waals surface area contributed by atoms with Gasteiger partial charge in [0.1, 0.15) is 0 Å². The van der Waals surface area contributed by atoms with Crippen molar-refractivity contribution in [1.29, 1.82) is 0 Å². The van der Waals surface area contributed by atoms with Gasteiger partial charge in [-0.2, -0.15) is 0 Å². The summed E-state index contributed by atoms with van der Waals surface area (Å²) in [6.45, 7) is 0.